The maximum absolute atomic E-state index is 12.2. The number of carboxylic acids is 1. The molecule has 0 spiro atoms. The van der Waals surface area contributed by atoms with Crippen molar-refractivity contribution < 1.29 is 34.5 Å². The fourth-order valence-corrected chi connectivity index (χ4v) is 1.86. The molecule has 0 aliphatic rings. The van der Waals surface area contributed by atoms with Gasteiger partial charge >= 0.3 is 5.97 Å². The molecule has 0 bridgehead atoms. The number of aliphatic hydroxyl groups is 2. The number of hydrogen-bond acceptors (Lipinski definition) is 8. The van der Waals surface area contributed by atoms with E-state index in [0.29, 0.717) is 0 Å². The number of carbonyl (C=O) groups excluding carboxylic acids is 3. The minimum atomic E-state index is -1.59. The summed E-state index contributed by atoms with van der Waals surface area (Å²) in [5, 5.41) is 33.9. The predicted octanol–water partition coefficient (Wildman–Crippen LogP) is -3.82. The van der Waals surface area contributed by atoms with Gasteiger partial charge in [-0.1, -0.05) is 0 Å². The van der Waals surface area contributed by atoms with Gasteiger partial charge in [-0.3, -0.25) is 14.4 Å². The van der Waals surface area contributed by atoms with Gasteiger partial charge in [0, 0.05) is 5.75 Å². The van der Waals surface area contributed by atoms with Crippen molar-refractivity contribution >= 4 is 36.3 Å². The van der Waals surface area contributed by atoms with Gasteiger partial charge in [0.25, 0.3) is 0 Å². The maximum atomic E-state index is 12.2. The van der Waals surface area contributed by atoms with E-state index in [1.807, 2.05) is 5.32 Å². The summed E-state index contributed by atoms with van der Waals surface area (Å²) in [7, 11) is 0. The van der Waals surface area contributed by atoms with Crippen molar-refractivity contribution in [2.24, 2.45) is 5.73 Å². The number of thiol groups is 1. The summed E-state index contributed by atoms with van der Waals surface area (Å²) in [6, 6.07) is -5.09. The van der Waals surface area contributed by atoms with Crippen LogP contribution in [0.1, 0.15) is 13.8 Å². The van der Waals surface area contributed by atoms with E-state index in [9.17, 15) is 24.3 Å². The second-order valence-corrected chi connectivity index (χ2v) is 5.71. The first-order valence-corrected chi connectivity index (χ1v) is 7.97. The highest BCUT2D eigenvalue weighted by Crippen LogP contribution is 1.98. The topological polar surface area (TPSA) is 191 Å². The van der Waals surface area contributed by atoms with Crippen molar-refractivity contribution in [1.29, 1.82) is 0 Å². The first-order valence-electron chi connectivity index (χ1n) is 7.34. The first kappa shape index (κ1) is 23.1. The summed E-state index contributed by atoms with van der Waals surface area (Å²) >= 11 is 3.93. The number of hydrogen-bond donors (Lipinski definition) is 8. The quantitative estimate of drug-likeness (QED) is 0.177. The van der Waals surface area contributed by atoms with Crippen LogP contribution in [-0.2, 0) is 19.2 Å². The number of rotatable bonds is 10. The Morgan fingerprint density at radius 3 is 1.88 bits per heavy atom. The van der Waals surface area contributed by atoms with E-state index in [1.54, 1.807) is 0 Å². The average molecular weight is 380 g/mol. The molecule has 25 heavy (non-hydrogen) atoms. The molecule has 0 aromatic heterocycles. The van der Waals surface area contributed by atoms with Crippen molar-refractivity contribution in [3.05, 3.63) is 0 Å². The molecule has 144 valence electrons. The Bertz CT molecular complexity index is 501. The lowest BCUT2D eigenvalue weighted by atomic mass is 10.1. The van der Waals surface area contributed by atoms with Gasteiger partial charge in [0.1, 0.15) is 18.1 Å². The molecule has 8 N–H and O–H groups in total. The number of carboxylic acid groups (broad SMARTS) is 1. The molecule has 0 aliphatic carbocycles. The lowest BCUT2D eigenvalue weighted by Crippen LogP contribution is -2.60. The number of nitrogens with one attached hydrogen (secondary N) is 3. The van der Waals surface area contributed by atoms with Gasteiger partial charge in [0.15, 0.2) is 0 Å². The van der Waals surface area contributed by atoms with E-state index in [-0.39, 0.29) is 5.75 Å². The minimum Gasteiger partial charge on any atom is -0.480 e. The highest BCUT2D eigenvalue weighted by atomic mass is 32.1. The third-order valence-electron chi connectivity index (χ3n) is 3.09. The largest absolute Gasteiger partial charge is 0.480 e. The van der Waals surface area contributed by atoms with E-state index in [4.69, 9.17) is 15.9 Å². The summed E-state index contributed by atoms with van der Waals surface area (Å²) in [6.07, 6.45) is -1.37. The Labute approximate surface area is 149 Å². The van der Waals surface area contributed by atoms with Crippen LogP contribution in [0.3, 0.4) is 0 Å². The molecule has 0 aromatic carbocycles. The van der Waals surface area contributed by atoms with Crippen LogP contribution in [0.2, 0.25) is 0 Å². The molecule has 0 aromatic rings. The third kappa shape index (κ3) is 7.69. The van der Waals surface area contributed by atoms with Crippen molar-refractivity contribution in [2.45, 2.75) is 44.1 Å². The highest BCUT2D eigenvalue weighted by Gasteiger charge is 2.31. The van der Waals surface area contributed by atoms with Crippen LogP contribution >= 0.6 is 12.6 Å². The monoisotopic (exact) mass is 380 g/mol. The smallest absolute Gasteiger partial charge is 0.328 e. The van der Waals surface area contributed by atoms with Crippen LogP contribution in [0.25, 0.3) is 0 Å². The van der Waals surface area contributed by atoms with Crippen LogP contribution in [-0.4, -0.2) is 81.6 Å². The molecule has 0 heterocycles. The van der Waals surface area contributed by atoms with Gasteiger partial charge in [0.05, 0.1) is 18.8 Å². The summed E-state index contributed by atoms with van der Waals surface area (Å²) in [5.41, 5.74) is 5.38. The van der Waals surface area contributed by atoms with Gasteiger partial charge in [-0.15, -0.1) is 0 Å². The normalized spacial score (nSPS) is 16.7. The van der Waals surface area contributed by atoms with Crippen LogP contribution in [0.15, 0.2) is 0 Å². The van der Waals surface area contributed by atoms with Gasteiger partial charge in [0.2, 0.25) is 17.7 Å². The van der Waals surface area contributed by atoms with Crippen molar-refractivity contribution in [1.82, 2.24) is 16.0 Å². The lowest BCUT2D eigenvalue weighted by molar-refractivity contribution is -0.144. The van der Waals surface area contributed by atoms with Crippen molar-refractivity contribution in [3.8, 4) is 0 Å². The van der Waals surface area contributed by atoms with E-state index < -0.39 is 60.6 Å². The molecular formula is C13H24N4O7S. The third-order valence-corrected chi connectivity index (χ3v) is 3.45. The zero-order valence-corrected chi connectivity index (χ0v) is 14.7. The molecule has 5 unspecified atom stereocenters. The molecule has 0 aliphatic heterocycles. The molecule has 0 saturated heterocycles. The van der Waals surface area contributed by atoms with Crippen LogP contribution in [0.5, 0.6) is 0 Å². The second kappa shape index (κ2) is 10.9. The Hall–Kier alpha value is -1.89. The fraction of sp³-hybridized carbons (Fsp3) is 0.692. The molecule has 0 radical (unpaired) electrons. The van der Waals surface area contributed by atoms with E-state index in [2.05, 4.69) is 23.3 Å². The summed E-state index contributed by atoms with van der Waals surface area (Å²) in [6.45, 7) is 1.75. The SMILES string of the molecule is CC(N)C(=O)NC(CS)C(=O)NC(C(=O)NC(CO)C(=O)O)C(C)O. The highest BCUT2D eigenvalue weighted by molar-refractivity contribution is 7.80. The number of carbonyl (C=O) groups is 4. The Morgan fingerprint density at radius 1 is 1.00 bits per heavy atom. The Morgan fingerprint density at radius 2 is 1.52 bits per heavy atom. The Kier molecular flexibility index (Phi) is 10.0. The van der Waals surface area contributed by atoms with Gasteiger partial charge in [-0.25, -0.2) is 4.79 Å². The van der Waals surface area contributed by atoms with E-state index in [1.165, 1.54) is 13.8 Å². The minimum absolute atomic E-state index is 0.104. The van der Waals surface area contributed by atoms with Crippen molar-refractivity contribution in [2.75, 3.05) is 12.4 Å². The molecule has 3 amide bonds. The summed E-state index contributed by atoms with van der Waals surface area (Å²) in [5.74, 6) is -4.03. The molecule has 0 saturated carbocycles. The second-order valence-electron chi connectivity index (χ2n) is 5.34. The lowest BCUT2D eigenvalue weighted by Gasteiger charge is -2.25. The molecule has 11 nitrogen and oxygen atoms in total. The average Bonchev–Trinajstić information content (AvgIpc) is 2.53. The van der Waals surface area contributed by atoms with Crippen LogP contribution in [0.4, 0.5) is 0 Å². The van der Waals surface area contributed by atoms with E-state index in [0.717, 1.165) is 0 Å². The standard InChI is InChI=1S/C13H24N4O7S/c1-5(14)10(20)16-8(4-25)11(21)17-9(6(2)19)12(22)15-7(3-18)13(23)24/h5-9,18-19,25H,3-4,14H2,1-2H3,(H,15,22)(H,16,20)(H,17,21)(H,23,24). The molecular weight excluding hydrogens is 356 g/mol. The molecule has 0 fully saturated rings. The maximum Gasteiger partial charge on any atom is 0.328 e. The summed E-state index contributed by atoms with van der Waals surface area (Å²) in [4.78, 5) is 46.6. The predicted molar refractivity (Wildman–Crippen MR) is 89.7 cm³/mol. The number of aliphatic carboxylic acids is 1. The van der Waals surface area contributed by atoms with Gasteiger partial charge < -0.3 is 37.0 Å². The first-order chi connectivity index (χ1) is 11.5. The Balaban J connectivity index is 5.04. The summed E-state index contributed by atoms with van der Waals surface area (Å²) < 4.78 is 0. The molecule has 5 atom stereocenters. The van der Waals surface area contributed by atoms with Crippen LogP contribution in [0, 0.1) is 0 Å². The zero-order chi connectivity index (χ0) is 19.7. The molecule has 12 heteroatoms. The van der Waals surface area contributed by atoms with Gasteiger partial charge in [-0.05, 0) is 13.8 Å². The van der Waals surface area contributed by atoms with Crippen molar-refractivity contribution in [3.63, 3.8) is 0 Å². The zero-order valence-electron chi connectivity index (χ0n) is 13.8. The number of nitrogens with two attached hydrogens (primary N) is 1. The fourth-order valence-electron chi connectivity index (χ4n) is 1.60. The number of aliphatic hydroxyl groups excluding tert-OH is 2. The van der Waals surface area contributed by atoms with Gasteiger partial charge in [-0.2, -0.15) is 12.6 Å². The molecule has 0 rings (SSSR count). The number of amides is 3. The van der Waals surface area contributed by atoms with Crippen LogP contribution < -0.4 is 21.7 Å². The van der Waals surface area contributed by atoms with E-state index >= 15 is 0 Å².